The van der Waals surface area contributed by atoms with Gasteiger partial charge < -0.3 is 0 Å². The van der Waals surface area contributed by atoms with Crippen LogP contribution in [0.2, 0.25) is 0 Å². The van der Waals surface area contributed by atoms with Gasteiger partial charge in [-0.25, -0.2) is 0 Å². The minimum Gasteiger partial charge on any atom is -0.300 e. The van der Waals surface area contributed by atoms with Gasteiger partial charge in [0.15, 0.2) is 5.84 Å². The maximum absolute atomic E-state index is 12.5. The lowest BCUT2D eigenvalue weighted by Gasteiger charge is -2.09. The SMILES string of the molecule is O=S(=O)(/N=C(/C=N/Nc1ccccc1)NNc1ccccc1)c1ccccc1. The molecule has 0 aliphatic carbocycles. The quantitative estimate of drug-likeness (QED) is 0.324. The van der Waals surface area contributed by atoms with E-state index in [0.29, 0.717) is 0 Å². The molecule has 28 heavy (non-hydrogen) atoms. The minimum absolute atomic E-state index is 0.0242. The average Bonchev–Trinajstić information content (AvgIpc) is 2.74. The Labute approximate surface area is 163 Å². The van der Waals surface area contributed by atoms with Crippen molar-refractivity contribution in [3.63, 3.8) is 0 Å². The number of benzene rings is 3. The first-order chi connectivity index (χ1) is 13.6. The summed E-state index contributed by atoms with van der Waals surface area (Å²) in [6.45, 7) is 0. The number of sulfonamides is 1. The summed E-state index contributed by atoms with van der Waals surface area (Å²) < 4.78 is 29.0. The van der Waals surface area contributed by atoms with E-state index in [1.807, 2.05) is 60.7 Å². The number of nitrogens with one attached hydrogen (secondary N) is 3. The van der Waals surface area contributed by atoms with Crippen molar-refractivity contribution in [2.75, 3.05) is 10.9 Å². The number of hydrazone groups is 1. The molecule has 3 N–H and O–H groups in total. The highest BCUT2D eigenvalue weighted by atomic mass is 32.2. The highest BCUT2D eigenvalue weighted by molar-refractivity contribution is 7.90. The van der Waals surface area contributed by atoms with Crippen LogP contribution < -0.4 is 16.3 Å². The third-order valence-electron chi connectivity index (χ3n) is 3.52. The molecule has 0 unspecified atom stereocenters. The smallest absolute Gasteiger partial charge is 0.284 e. The van der Waals surface area contributed by atoms with Crippen LogP contribution in [-0.4, -0.2) is 20.5 Å². The van der Waals surface area contributed by atoms with Crippen LogP contribution in [0, 0.1) is 0 Å². The van der Waals surface area contributed by atoms with Crippen LogP contribution in [0.25, 0.3) is 0 Å². The van der Waals surface area contributed by atoms with Crippen molar-refractivity contribution < 1.29 is 8.42 Å². The first-order valence-electron chi connectivity index (χ1n) is 8.45. The summed E-state index contributed by atoms with van der Waals surface area (Å²) in [5, 5.41) is 4.06. The molecule has 0 saturated carbocycles. The van der Waals surface area contributed by atoms with Gasteiger partial charge in [-0.2, -0.15) is 13.5 Å². The summed E-state index contributed by atoms with van der Waals surface area (Å²) >= 11 is 0. The van der Waals surface area contributed by atoms with Crippen LogP contribution >= 0.6 is 0 Å². The van der Waals surface area contributed by atoms with E-state index >= 15 is 0 Å². The largest absolute Gasteiger partial charge is 0.300 e. The van der Waals surface area contributed by atoms with Crippen molar-refractivity contribution in [2.24, 2.45) is 9.50 Å². The number of hydrazine groups is 1. The Morgan fingerprint density at radius 1 is 0.750 bits per heavy atom. The molecule has 3 aromatic carbocycles. The van der Waals surface area contributed by atoms with Crippen LogP contribution in [0.5, 0.6) is 0 Å². The van der Waals surface area contributed by atoms with Crippen LogP contribution in [0.3, 0.4) is 0 Å². The second-order valence-corrected chi connectivity index (χ2v) is 7.22. The molecule has 0 amide bonds. The molecule has 0 saturated heterocycles. The summed E-state index contributed by atoms with van der Waals surface area (Å²) in [5.41, 5.74) is 10.0. The van der Waals surface area contributed by atoms with E-state index in [9.17, 15) is 8.42 Å². The van der Waals surface area contributed by atoms with Crippen molar-refractivity contribution in [1.82, 2.24) is 5.43 Å². The topological polar surface area (TPSA) is 95.0 Å². The van der Waals surface area contributed by atoms with Gasteiger partial charge in [0.25, 0.3) is 10.0 Å². The Bertz CT molecular complexity index is 1040. The van der Waals surface area contributed by atoms with Gasteiger partial charge in [0.05, 0.1) is 22.5 Å². The zero-order chi connectivity index (χ0) is 19.7. The number of nitrogens with zero attached hydrogens (tertiary/aromatic N) is 2. The van der Waals surface area contributed by atoms with Crippen molar-refractivity contribution in [3.05, 3.63) is 91.0 Å². The average molecular weight is 393 g/mol. The van der Waals surface area contributed by atoms with Gasteiger partial charge in [-0.3, -0.25) is 16.3 Å². The van der Waals surface area contributed by atoms with Gasteiger partial charge in [-0.15, -0.1) is 4.40 Å². The minimum atomic E-state index is -3.89. The first-order valence-corrected chi connectivity index (χ1v) is 9.89. The van der Waals surface area contributed by atoms with Crippen LogP contribution in [-0.2, 0) is 10.0 Å². The molecular formula is C20H19N5O2S. The summed E-state index contributed by atoms with van der Waals surface area (Å²) in [6, 6.07) is 26.5. The van der Waals surface area contributed by atoms with Crippen LogP contribution in [0.15, 0.2) is 105 Å². The number of anilines is 2. The molecule has 7 nitrogen and oxygen atoms in total. The second kappa shape index (κ2) is 9.33. The van der Waals surface area contributed by atoms with Gasteiger partial charge >= 0.3 is 0 Å². The Hall–Kier alpha value is -3.65. The Kier molecular flexibility index (Phi) is 6.37. The Balaban J connectivity index is 1.80. The number of amidine groups is 1. The molecule has 0 aliphatic rings. The molecule has 0 aliphatic heterocycles. The van der Waals surface area contributed by atoms with Crippen molar-refractivity contribution in [2.45, 2.75) is 4.90 Å². The van der Waals surface area contributed by atoms with Crippen molar-refractivity contribution in [3.8, 4) is 0 Å². The predicted octanol–water partition coefficient (Wildman–Crippen LogP) is 3.49. The third kappa shape index (κ3) is 5.68. The molecule has 0 bridgehead atoms. The van der Waals surface area contributed by atoms with E-state index in [1.165, 1.54) is 18.3 Å². The molecule has 0 aromatic heterocycles. The molecule has 8 heteroatoms. The van der Waals surface area contributed by atoms with E-state index in [0.717, 1.165) is 11.4 Å². The highest BCUT2D eigenvalue weighted by Crippen LogP contribution is 2.11. The maximum atomic E-state index is 12.5. The molecule has 3 rings (SSSR count). The fourth-order valence-corrected chi connectivity index (χ4v) is 3.15. The van der Waals surface area contributed by atoms with E-state index in [1.54, 1.807) is 18.2 Å². The monoisotopic (exact) mass is 393 g/mol. The van der Waals surface area contributed by atoms with E-state index in [2.05, 4.69) is 25.8 Å². The van der Waals surface area contributed by atoms with Gasteiger partial charge in [-0.1, -0.05) is 54.6 Å². The van der Waals surface area contributed by atoms with Gasteiger partial charge in [0.1, 0.15) is 0 Å². The van der Waals surface area contributed by atoms with E-state index in [-0.39, 0.29) is 10.7 Å². The number of para-hydroxylation sites is 2. The fraction of sp³-hybridized carbons (Fsp3) is 0. The Morgan fingerprint density at radius 3 is 1.89 bits per heavy atom. The predicted molar refractivity (Wildman–Crippen MR) is 113 cm³/mol. The molecule has 0 fully saturated rings. The second-order valence-electron chi connectivity index (χ2n) is 5.62. The summed E-state index contributed by atoms with van der Waals surface area (Å²) in [6.07, 6.45) is 1.30. The van der Waals surface area contributed by atoms with Gasteiger partial charge in [0, 0.05) is 0 Å². The summed E-state index contributed by atoms with van der Waals surface area (Å²) in [5.74, 6) is 0.0242. The molecule has 0 radical (unpaired) electrons. The van der Waals surface area contributed by atoms with Crippen molar-refractivity contribution in [1.29, 1.82) is 0 Å². The van der Waals surface area contributed by atoms with Crippen LogP contribution in [0.1, 0.15) is 0 Å². The zero-order valence-electron chi connectivity index (χ0n) is 14.9. The highest BCUT2D eigenvalue weighted by Gasteiger charge is 2.13. The van der Waals surface area contributed by atoms with E-state index in [4.69, 9.17) is 0 Å². The zero-order valence-corrected chi connectivity index (χ0v) is 15.7. The Morgan fingerprint density at radius 2 is 1.29 bits per heavy atom. The van der Waals surface area contributed by atoms with Crippen molar-refractivity contribution >= 4 is 33.4 Å². The lowest BCUT2D eigenvalue weighted by Crippen LogP contribution is -2.31. The van der Waals surface area contributed by atoms with Gasteiger partial charge in [-0.05, 0) is 36.4 Å². The molecule has 0 heterocycles. The lowest BCUT2D eigenvalue weighted by atomic mass is 10.3. The molecule has 0 atom stereocenters. The number of hydrogen-bond acceptors (Lipinski definition) is 5. The normalized spacial score (nSPS) is 11.9. The maximum Gasteiger partial charge on any atom is 0.284 e. The number of rotatable bonds is 7. The fourth-order valence-electron chi connectivity index (χ4n) is 2.19. The lowest BCUT2D eigenvalue weighted by molar-refractivity contribution is 0.598. The summed E-state index contributed by atoms with van der Waals surface area (Å²) in [4.78, 5) is 0.0958. The molecule has 3 aromatic rings. The third-order valence-corrected chi connectivity index (χ3v) is 4.83. The number of hydrogen-bond donors (Lipinski definition) is 3. The van der Waals surface area contributed by atoms with Gasteiger partial charge in [0.2, 0.25) is 0 Å². The summed E-state index contributed by atoms with van der Waals surface area (Å²) in [7, 11) is -3.89. The van der Waals surface area contributed by atoms with E-state index < -0.39 is 10.0 Å². The molecule has 142 valence electrons. The van der Waals surface area contributed by atoms with Crippen LogP contribution in [0.4, 0.5) is 11.4 Å². The standard InChI is InChI=1S/C20H19N5O2S/c26-28(27,19-14-8-3-9-15-19)25-20(24-23-18-12-6-2-7-13-18)16-21-22-17-10-4-1-5-11-17/h1-16,22-23H,(H,24,25)/b21-16+. The molecular weight excluding hydrogens is 374 g/mol. The first kappa shape index (κ1) is 19.1. The molecule has 0 spiro atoms.